The molecule has 0 saturated heterocycles. The Labute approximate surface area is 122 Å². The van der Waals surface area contributed by atoms with E-state index in [1.165, 1.54) is 13.1 Å². The number of hydrogen-bond donors (Lipinski definition) is 2. The van der Waals surface area contributed by atoms with E-state index >= 15 is 0 Å². The van der Waals surface area contributed by atoms with Crippen molar-refractivity contribution in [2.75, 3.05) is 11.9 Å². The van der Waals surface area contributed by atoms with Crippen LogP contribution in [0, 0.1) is 28.6 Å². The number of nitrogens with zero attached hydrogens (tertiary/aromatic N) is 2. The molecule has 0 aliphatic carbocycles. The highest BCUT2D eigenvalue weighted by molar-refractivity contribution is 6.14. The van der Waals surface area contributed by atoms with Crippen molar-refractivity contribution in [1.29, 1.82) is 10.7 Å². The van der Waals surface area contributed by atoms with Gasteiger partial charge < -0.3 is 15.5 Å². The van der Waals surface area contributed by atoms with Crippen LogP contribution >= 0.6 is 0 Å². The van der Waals surface area contributed by atoms with Crippen molar-refractivity contribution in [3.05, 3.63) is 24.4 Å². The van der Waals surface area contributed by atoms with Gasteiger partial charge in [-0.2, -0.15) is 5.26 Å². The molecule has 1 amide bonds. The first kappa shape index (κ1) is 16.3. The van der Waals surface area contributed by atoms with Gasteiger partial charge in [0.25, 0.3) is 0 Å². The predicted octanol–water partition coefficient (Wildman–Crippen LogP) is 1.38. The minimum Gasteiger partial charge on any atom is -0.465 e. The van der Waals surface area contributed by atoms with Gasteiger partial charge in [-0.25, -0.2) is 4.98 Å². The quantitative estimate of drug-likeness (QED) is 0.606. The van der Waals surface area contributed by atoms with E-state index in [0.717, 1.165) is 0 Å². The summed E-state index contributed by atoms with van der Waals surface area (Å²) < 4.78 is 4.72. The smallest absolute Gasteiger partial charge is 0.329 e. The molecule has 2 N–H and O–H groups in total. The molecule has 0 radical (unpaired) electrons. The van der Waals surface area contributed by atoms with Gasteiger partial charge in [-0.3, -0.25) is 9.59 Å². The molecule has 0 aliphatic heterocycles. The normalized spacial score (nSPS) is 12.6. The van der Waals surface area contributed by atoms with Gasteiger partial charge in [0.05, 0.1) is 18.6 Å². The Balaban J connectivity index is 2.75. The lowest BCUT2D eigenvalue weighted by atomic mass is 9.93. The molecular weight excluding hydrogens is 272 g/mol. The summed E-state index contributed by atoms with van der Waals surface area (Å²) in [6.07, 6.45) is 1.52. The lowest BCUT2D eigenvalue weighted by molar-refractivity contribution is -0.144. The van der Waals surface area contributed by atoms with E-state index in [9.17, 15) is 9.59 Å². The van der Waals surface area contributed by atoms with Gasteiger partial charge in [-0.05, 0) is 26.0 Å². The number of pyridine rings is 1. The van der Waals surface area contributed by atoms with Crippen LogP contribution in [-0.2, 0) is 14.3 Å². The molecule has 0 spiro atoms. The lowest BCUT2D eigenvalue weighted by Crippen LogP contribution is -2.35. The average Bonchev–Trinajstić information content (AvgIpc) is 2.48. The third-order valence-corrected chi connectivity index (χ3v) is 2.74. The first-order chi connectivity index (χ1) is 10.0. The van der Waals surface area contributed by atoms with Gasteiger partial charge in [-0.1, -0.05) is 6.07 Å². The van der Waals surface area contributed by atoms with Crippen LogP contribution in [0.4, 0.5) is 5.82 Å². The molecule has 0 saturated carbocycles. The Morgan fingerprint density at radius 1 is 1.52 bits per heavy atom. The highest BCUT2D eigenvalue weighted by Gasteiger charge is 2.31. The van der Waals surface area contributed by atoms with E-state index in [0.29, 0.717) is 5.82 Å². The summed E-state index contributed by atoms with van der Waals surface area (Å²) in [4.78, 5) is 27.5. The SMILES string of the molecule is CCOC(=O)[C@@H](C#N)C(=N)[C@H](C)C(=O)Nc1ccccn1. The zero-order valence-electron chi connectivity index (χ0n) is 11.8. The standard InChI is InChI=1S/C14H16N4O3/c1-3-21-14(20)10(8-15)12(16)9(2)13(19)18-11-6-4-5-7-17-11/h4-7,9-10,16H,3H2,1-2H3,(H,17,18,19)/t9-,10-/m0/s1. The topological polar surface area (TPSA) is 116 Å². The average molecular weight is 288 g/mol. The number of carbonyl (C=O) groups is 2. The number of amides is 1. The molecule has 0 bridgehead atoms. The van der Waals surface area contributed by atoms with Gasteiger partial charge in [0, 0.05) is 11.9 Å². The highest BCUT2D eigenvalue weighted by Crippen LogP contribution is 2.12. The molecule has 7 heteroatoms. The number of esters is 1. The summed E-state index contributed by atoms with van der Waals surface area (Å²) in [5, 5.41) is 19.4. The van der Waals surface area contributed by atoms with Gasteiger partial charge in [0.1, 0.15) is 5.82 Å². The maximum Gasteiger partial charge on any atom is 0.329 e. The molecule has 0 aliphatic rings. The van der Waals surface area contributed by atoms with Crippen LogP contribution in [-0.4, -0.2) is 29.2 Å². The van der Waals surface area contributed by atoms with Crippen LogP contribution in [0.2, 0.25) is 0 Å². The molecule has 0 fully saturated rings. The van der Waals surface area contributed by atoms with Crippen LogP contribution in [0.3, 0.4) is 0 Å². The largest absolute Gasteiger partial charge is 0.465 e. The van der Waals surface area contributed by atoms with Crippen molar-refractivity contribution in [2.45, 2.75) is 13.8 Å². The van der Waals surface area contributed by atoms with Crippen LogP contribution in [0.25, 0.3) is 0 Å². The minimum atomic E-state index is -1.38. The van der Waals surface area contributed by atoms with Crippen LogP contribution in [0.15, 0.2) is 24.4 Å². The molecule has 7 nitrogen and oxygen atoms in total. The van der Waals surface area contributed by atoms with E-state index < -0.39 is 23.7 Å². The van der Waals surface area contributed by atoms with Crippen molar-refractivity contribution < 1.29 is 14.3 Å². The molecule has 0 unspecified atom stereocenters. The van der Waals surface area contributed by atoms with Gasteiger partial charge in [-0.15, -0.1) is 0 Å². The fraction of sp³-hybridized carbons (Fsp3) is 0.357. The first-order valence-corrected chi connectivity index (χ1v) is 6.37. The van der Waals surface area contributed by atoms with Crippen molar-refractivity contribution in [3.63, 3.8) is 0 Å². The van der Waals surface area contributed by atoms with E-state index in [-0.39, 0.29) is 12.3 Å². The van der Waals surface area contributed by atoms with Crippen molar-refractivity contribution >= 4 is 23.4 Å². The van der Waals surface area contributed by atoms with E-state index in [1.807, 2.05) is 0 Å². The van der Waals surface area contributed by atoms with Gasteiger partial charge in [0.15, 0.2) is 5.92 Å². The Morgan fingerprint density at radius 2 is 2.24 bits per heavy atom. The Hall–Kier alpha value is -2.75. The monoisotopic (exact) mass is 288 g/mol. The predicted molar refractivity (Wildman–Crippen MR) is 75.5 cm³/mol. The second kappa shape index (κ2) is 7.75. The van der Waals surface area contributed by atoms with Crippen molar-refractivity contribution in [3.8, 4) is 6.07 Å². The van der Waals surface area contributed by atoms with E-state index in [4.69, 9.17) is 15.4 Å². The minimum absolute atomic E-state index is 0.110. The third-order valence-electron chi connectivity index (χ3n) is 2.74. The Kier molecular flexibility index (Phi) is 6.01. The first-order valence-electron chi connectivity index (χ1n) is 6.37. The number of rotatable bonds is 6. The summed E-state index contributed by atoms with van der Waals surface area (Å²) in [5.74, 6) is -3.31. The van der Waals surface area contributed by atoms with Crippen LogP contribution < -0.4 is 5.32 Å². The van der Waals surface area contributed by atoms with Gasteiger partial charge >= 0.3 is 5.97 Å². The molecule has 1 aromatic rings. The maximum atomic E-state index is 12.0. The molecule has 1 aromatic heterocycles. The zero-order chi connectivity index (χ0) is 15.8. The molecule has 2 atom stereocenters. The van der Waals surface area contributed by atoms with E-state index in [2.05, 4.69) is 10.3 Å². The van der Waals surface area contributed by atoms with Crippen LogP contribution in [0.1, 0.15) is 13.8 Å². The van der Waals surface area contributed by atoms with Gasteiger partial charge in [0.2, 0.25) is 5.91 Å². The number of nitrogens with one attached hydrogen (secondary N) is 2. The summed E-state index contributed by atoms with van der Waals surface area (Å²) in [5.41, 5.74) is -0.301. The second-order valence-corrected chi connectivity index (χ2v) is 4.20. The summed E-state index contributed by atoms with van der Waals surface area (Å²) in [6.45, 7) is 3.16. The molecule has 110 valence electrons. The molecule has 1 heterocycles. The molecule has 0 aromatic carbocycles. The van der Waals surface area contributed by atoms with Crippen LogP contribution in [0.5, 0.6) is 0 Å². The molecule has 1 rings (SSSR count). The van der Waals surface area contributed by atoms with Crippen molar-refractivity contribution in [1.82, 2.24) is 4.98 Å². The summed E-state index contributed by atoms with van der Waals surface area (Å²) in [7, 11) is 0. The zero-order valence-corrected chi connectivity index (χ0v) is 11.8. The molecule has 21 heavy (non-hydrogen) atoms. The lowest BCUT2D eigenvalue weighted by Gasteiger charge is -2.16. The Bertz CT molecular complexity index is 565. The summed E-state index contributed by atoms with van der Waals surface area (Å²) in [6, 6.07) is 6.70. The maximum absolute atomic E-state index is 12.0. The third kappa shape index (κ3) is 4.38. The number of anilines is 1. The Morgan fingerprint density at radius 3 is 2.76 bits per heavy atom. The van der Waals surface area contributed by atoms with E-state index in [1.54, 1.807) is 31.2 Å². The molecular formula is C14H16N4O3. The number of carbonyl (C=O) groups excluding carboxylic acids is 2. The number of aromatic nitrogens is 1. The number of ether oxygens (including phenoxy) is 1. The summed E-state index contributed by atoms with van der Waals surface area (Å²) >= 11 is 0. The highest BCUT2D eigenvalue weighted by atomic mass is 16.5. The second-order valence-electron chi connectivity index (χ2n) is 4.20. The fourth-order valence-corrected chi connectivity index (χ4v) is 1.54. The van der Waals surface area contributed by atoms with Crippen molar-refractivity contribution in [2.24, 2.45) is 11.8 Å². The number of nitriles is 1. The number of hydrogen-bond acceptors (Lipinski definition) is 6. The fourth-order valence-electron chi connectivity index (χ4n) is 1.54.